The van der Waals surface area contributed by atoms with Crippen LogP contribution in [-0.2, 0) is 0 Å². The van der Waals surface area contributed by atoms with Gasteiger partial charge >= 0.3 is 0 Å². The number of ketones is 1. The third kappa shape index (κ3) is 2.29. The number of rotatable bonds is 2. The standard InChI is InChI=1S/C14H10BrFO/c1-9-5-4-7-11(13(9)15)14(17)10-6-2-3-8-12(10)16/h2-8H,1H3. The van der Waals surface area contributed by atoms with Gasteiger partial charge in [0, 0.05) is 10.0 Å². The van der Waals surface area contributed by atoms with Crippen LogP contribution in [0, 0.1) is 12.7 Å². The van der Waals surface area contributed by atoms with Gasteiger partial charge in [0.1, 0.15) is 5.82 Å². The summed E-state index contributed by atoms with van der Waals surface area (Å²) in [6, 6.07) is 11.4. The highest BCUT2D eigenvalue weighted by Gasteiger charge is 2.16. The second kappa shape index (κ2) is 4.80. The normalized spacial score (nSPS) is 10.3. The van der Waals surface area contributed by atoms with Crippen LogP contribution in [0.5, 0.6) is 0 Å². The molecule has 86 valence electrons. The molecule has 0 heterocycles. The van der Waals surface area contributed by atoms with E-state index in [-0.39, 0.29) is 11.3 Å². The molecule has 2 rings (SSSR count). The van der Waals surface area contributed by atoms with Crippen molar-refractivity contribution in [2.75, 3.05) is 0 Å². The fraction of sp³-hybridized carbons (Fsp3) is 0.0714. The predicted octanol–water partition coefficient (Wildman–Crippen LogP) is 4.13. The topological polar surface area (TPSA) is 17.1 Å². The fourth-order valence-corrected chi connectivity index (χ4v) is 2.06. The van der Waals surface area contributed by atoms with Crippen molar-refractivity contribution in [2.45, 2.75) is 6.92 Å². The molecule has 0 amide bonds. The molecule has 0 radical (unpaired) electrons. The van der Waals surface area contributed by atoms with Gasteiger partial charge in [-0.3, -0.25) is 4.79 Å². The van der Waals surface area contributed by atoms with Crippen molar-refractivity contribution in [3.05, 3.63) is 69.4 Å². The van der Waals surface area contributed by atoms with Crippen molar-refractivity contribution in [1.82, 2.24) is 0 Å². The minimum Gasteiger partial charge on any atom is -0.288 e. The van der Waals surface area contributed by atoms with E-state index < -0.39 is 5.82 Å². The summed E-state index contributed by atoms with van der Waals surface area (Å²) < 4.78 is 14.2. The molecule has 0 aliphatic carbocycles. The number of carbonyl (C=O) groups is 1. The quantitative estimate of drug-likeness (QED) is 0.761. The third-order valence-electron chi connectivity index (χ3n) is 2.55. The lowest BCUT2D eigenvalue weighted by Crippen LogP contribution is -2.05. The molecule has 1 nitrogen and oxygen atoms in total. The predicted molar refractivity (Wildman–Crippen MR) is 68.7 cm³/mol. The summed E-state index contributed by atoms with van der Waals surface area (Å²) in [5.74, 6) is -0.801. The highest BCUT2D eigenvalue weighted by atomic mass is 79.9. The molecular formula is C14H10BrFO. The molecule has 0 bridgehead atoms. The largest absolute Gasteiger partial charge is 0.288 e. The number of hydrogen-bond acceptors (Lipinski definition) is 1. The van der Waals surface area contributed by atoms with Crippen LogP contribution in [0.1, 0.15) is 21.5 Å². The van der Waals surface area contributed by atoms with Crippen LogP contribution in [-0.4, -0.2) is 5.78 Å². The van der Waals surface area contributed by atoms with Crippen molar-refractivity contribution >= 4 is 21.7 Å². The zero-order chi connectivity index (χ0) is 12.4. The molecule has 0 aromatic heterocycles. The second-order valence-electron chi connectivity index (χ2n) is 3.75. The molecule has 2 aromatic rings. The molecule has 3 heteroatoms. The van der Waals surface area contributed by atoms with Gasteiger partial charge in [-0.2, -0.15) is 0 Å². The molecule has 2 aromatic carbocycles. The first-order chi connectivity index (χ1) is 8.11. The Morgan fingerprint density at radius 1 is 1.06 bits per heavy atom. The first-order valence-electron chi connectivity index (χ1n) is 5.15. The van der Waals surface area contributed by atoms with Crippen molar-refractivity contribution in [1.29, 1.82) is 0 Å². The van der Waals surface area contributed by atoms with Crippen molar-refractivity contribution in [3.63, 3.8) is 0 Å². The second-order valence-corrected chi connectivity index (χ2v) is 4.54. The average Bonchev–Trinajstić information content (AvgIpc) is 2.32. The SMILES string of the molecule is Cc1cccc(C(=O)c2ccccc2F)c1Br. The Labute approximate surface area is 107 Å². The summed E-state index contributed by atoms with van der Waals surface area (Å²) in [4.78, 5) is 12.2. The number of carbonyl (C=O) groups excluding carboxylic acids is 1. The zero-order valence-corrected chi connectivity index (χ0v) is 10.8. The highest BCUT2D eigenvalue weighted by molar-refractivity contribution is 9.10. The van der Waals surface area contributed by atoms with E-state index in [2.05, 4.69) is 15.9 Å². The van der Waals surface area contributed by atoms with Crippen LogP contribution >= 0.6 is 15.9 Å². The fourth-order valence-electron chi connectivity index (χ4n) is 1.61. The summed E-state index contributed by atoms with van der Waals surface area (Å²) in [6.45, 7) is 1.89. The van der Waals surface area contributed by atoms with Gasteiger partial charge in [0.25, 0.3) is 0 Å². The number of aryl methyl sites for hydroxylation is 1. The summed E-state index contributed by atoms with van der Waals surface area (Å²) in [7, 11) is 0. The maximum absolute atomic E-state index is 13.5. The molecule has 0 aliphatic rings. The Balaban J connectivity index is 2.52. The molecule has 0 atom stereocenters. The van der Waals surface area contributed by atoms with Crippen LogP contribution in [0.25, 0.3) is 0 Å². The van der Waals surface area contributed by atoms with Crippen molar-refractivity contribution < 1.29 is 9.18 Å². The van der Waals surface area contributed by atoms with E-state index >= 15 is 0 Å². The lowest BCUT2D eigenvalue weighted by Gasteiger charge is -2.06. The minimum absolute atomic E-state index is 0.0961. The minimum atomic E-state index is -0.495. The maximum Gasteiger partial charge on any atom is 0.197 e. The van der Waals surface area contributed by atoms with Crippen LogP contribution in [0.2, 0.25) is 0 Å². The van der Waals surface area contributed by atoms with E-state index in [0.717, 1.165) is 5.56 Å². The van der Waals surface area contributed by atoms with Gasteiger partial charge < -0.3 is 0 Å². The smallest absolute Gasteiger partial charge is 0.197 e. The average molecular weight is 293 g/mol. The van der Waals surface area contributed by atoms with E-state index in [9.17, 15) is 9.18 Å². The summed E-state index contributed by atoms with van der Waals surface area (Å²) in [5.41, 5.74) is 1.53. The first-order valence-corrected chi connectivity index (χ1v) is 5.95. The van der Waals surface area contributed by atoms with Crippen LogP contribution in [0.15, 0.2) is 46.9 Å². The Bertz CT molecular complexity index is 578. The summed E-state index contributed by atoms with van der Waals surface area (Å²) in [6.07, 6.45) is 0. The van der Waals surface area contributed by atoms with Gasteiger partial charge in [0.15, 0.2) is 5.78 Å². The van der Waals surface area contributed by atoms with Crippen LogP contribution < -0.4 is 0 Å². The Hall–Kier alpha value is -1.48. The van der Waals surface area contributed by atoms with E-state index in [0.29, 0.717) is 10.0 Å². The molecule has 17 heavy (non-hydrogen) atoms. The first kappa shape index (κ1) is 12.0. The zero-order valence-electron chi connectivity index (χ0n) is 9.21. The highest BCUT2D eigenvalue weighted by Crippen LogP contribution is 2.24. The number of benzene rings is 2. The van der Waals surface area contributed by atoms with Gasteiger partial charge in [0.05, 0.1) is 5.56 Å². The lowest BCUT2D eigenvalue weighted by atomic mass is 10.0. The van der Waals surface area contributed by atoms with Gasteiger partial charge in [-0.25, -0.2) is 4.39 Å². The monoisotopic (exact) mass is 292 g/mol. The van der Waals surface area contributed by atoms with Crippen molar-refractivity contribution in [3.8, 4) is 0 Å². The van der Waals surface area contributed by atoms with Gasteiger partial charge in [-0.15, -0.1) is 0 Å². The van der Waals surface area contributed by atoms with Gasteiger partial charge in [-0.1, -0.05) is 24.3 Å². The van der Waals surface area contributed by atoms with Crippen molar-refractivity contribution in [2.24, 2.45) is 0 Å². The maximum atomic E-state index is 13.5. The Morgan fingerprint density at radius 2 is 1.71 bits per heavy atom. The molecule has 0 N–H and O–H groups in total. The molecule has 0 spiro atoms. The molecule has 0 unspecified atom stereocenters. The third-order valence-corrected chi connectivity index (χ3v) is 3.61. The molecule has 0 fully saturated rings. The van der Waals surface area contributed by atoms with Gasteiger partial charge in [-0.05, 0) is 46.6 Å². The van der Waals surface area contributed by atoms with Crippen LogP contribution in [0.3, 0.4) is 0 Å². The molecular weight excluding hydrogens is 283 g/mol. The van der Waals surface area contributed by atoms with E-state index in [1.807, 2.05) is 13.0 Å². The molecule has 0 aliphatic heterocycles. The van der Waals surface area contributed by atoms with E-state index in [1.165, 1.54) is 12.1 Å². The number of hydrogen-bond donors (Lipinski definition) is 0. The van der Waals surface area contributed by atoms with Gasteiger partial charge in [0.2, 0.25) is 0 Å². The summed E-state index contributed by atoms with van der Waals surface area (Å²) >= 11 is 3.36. The van der Waals surface area contributed by atoms with E-state index in [4.69, 9.17) is 0 Å². The Kier molecular flexibility index (Phi) is 3.38. The summed E-state index contributed by atoms with van der Waals surface area (Å²) in [5, 5.41) is 0. The van der Waals surface area contributed by atoms with Crippen LogP contribution in [0.4, 0.5) is 4.39 Å². The van der Waals surface area contributed by atoms with E-state index in [1.54, 1.807) is 24.3 Å². The molecule has 0 saturated carbocycles. The molecule has 0 saturated heterocycles. The number of halogens is 2. The Morgan fingerprint density at radius 3 is 2.41 bits per heavy atom. The lowest BCUT2D eigenvalue weighted by molar-refractivity contribution is 0.103.